The number of fused-ring (bicyclic) bond motifs is 1. The van der Waals surface area contributed by atoms with E-state index in [4.69, 9.17) is 10.7 Å². The third kappa shape index (κ3) is 2.38. The Bertz CT molecular complexity index is 802. The molecule has 0 saturated heterocycles. The third-order valence-corrected chi connectivity index (χ3v) is 4.85. The van der Waals surface area contributed by atoms with Crippen LogP contribution in [0.15, 0.2) is 71.1 Å². The molecule has 114 valence electrons. The van der Waals surface area contributed by atoms with Crippen molar-refractivity contribution in [1.29, 1.82) is 0 Å². The number of carbonyl (C=O) groups is 1. The van der Waals surface area contributed by atoms with Crippen molar-refractivity contribution in [3.8, 4) is 0 Å². The van der Waals surface area contributed by atoms with E-state index in [0.717, 1.165) is 16.8 Å². The number of thioether (sulfide) groups is 1. The largest absolute Gasteiger partial charge is 0.318 e. The van der Waals surface area contributed by atoms with Gasteiger partial charge < -0.3 is 5.73 Å². The maximum absolute atomic E-state index is 12.8. The van der Waals surface area contributed by atoms with E-state index < -0.39 is 6.04 Å². The van der Waals surface area contributed by atoms with Crippen LogP contribution in [-0.2, 0) is 4.79 Å². The molecule has 0 radical (unpaired) electrons. The van der Waals surface area contributed by atoms with Crippen LogP contribution in [0.25, 0.3) is 5.70 Å². The highest BCUT2D eigenvalue weighted by Gasteiger charge is 2.41. The second kappa shape index (κ2) is 5.68. The van der Waals surface area contributed by atoms with Crippen LogP contribution < -0.4 is 5.73 Å². The maximum Gasteiger partial charge on any atom is 0.252 e. The molecule has 0 fully saturated rings. The molecule has 0 bridgehead atoms. The van der Waals surface area contributed by atoms with E-state index in [1.54, 1.807) is 4.90 Å². The lowest BCUT2D eigenvalue weighted by Gasteiger charge is -2.32. The summed E-state index contributed by atoms with van der Waals surface area (Å²) in [4.78, 5) is 19.2. The van der Waals surface area contributed by atoms with E-state index >= 15 is 0 Å². The van der Waals surface area contributed by atoms with Crippen molar-refractivity contribution in [2.45, 2.75) is 12.1 Å². The van der Waals surface area contributed by atoms with E-state index in [2.05, 4.69) is 0 Å². The normalized spacial score (nSPS) is 23.3. The molecule has 23 heavy (non-hydrogen) atoms. The molecule has 4 nitrogen and oxygen atoms in total. The Hall–Kier alpha value is -2.37. The quantitative estimate of drug-likeness (QED) is 0.925. The second-order valence-corrected chi connectivity index (χ2v) is 6.29. The highest BCUT2D eigenvalue weighted by Crippen LogP contribution is 2.39. The van der Waals surface area contributed by atoms with Crippen LogP contribution in [0, 0.1) is 0 Å². The van der Waals surface area contributed by atoms with Crippen LogP contribution in [-0.4, -0.2) is 22.0 Å². The van der Waals surface area contributed by atoms with Crippen molar-refractivity contribution in [1.82, 2.24) is 4.90 Å². The predicted octanol–water partition coefficient (Wildman–Crippen LogP) is 3.00. The number of nitrogens with zero attached hydrogens (tertiary/aromatic N) is 2. The average Bonchev–Trinajstić information content (AvgIpc) is 3.04. The standard InChI is InChI=1S/C18H15N3OS/c19-15-16(13-9-5-2-6-10-13)20-18-21(17(15)22)14(11-23-18)12-7-3-1-4-8-12/h1-11,15-16H,19H2/t15-,16+/m0/s1. The summed E-state index contributed by atoms with van der Waals surface area (Å²) >= 11 is 1.47. The molecule has 2 atom stereocenters. The molecule has 0 saturated carbocycles. The highest BCUT2D eigenvalue weighted by atomic mass is 32.2. The van der Waals surface area contributed by atoms with E-state index in [-0.39, 0.29) is 11.9 Å². The molecule has 2 aliphatic heterocycles. The Morgan fingerprint density at radius 3 is 2.35 bits per heavy atom. The summed E-state index contributed by atoms with van der Waals surface area (Å²) in [5, 5.41) is 2.66. The van der Waals surface area contributed by atoms with Crippen LogP contribution in [0.5, 0.6) is 0 Å². The first-order chi connectivity index (χ1) is 11.3. The Labute approximate surface area is 138 Å². The highest BCUT2D eigenvalue weighted by molar-refractivity contribution is 8.16. The number of amidine groups is 1. The molecule has 0 aromatic heterocycles. The monoisotopic (exact) mass is 321 g/mol. The van der Waals surface area contributed by atoms with Crippen LogP contribution in [0.4, 0.5) is 0 Å². The van der Waals surface area contributed by atoms with Crippen molar-refractivity contribution >= 4 is 28.5 Å². The number of nitrogens with two attached hydrogens (primary N) is 1. The van der Waals surface area contributed by atoms with Gasteiger partial charge in [-0.15, -0.1) is 0 Å². The van der Waals surface area contributed by atoms with Crippen LogP contribution in [0.1, 0.15) is 17.2 Å². The van der Waals surface area contributed by atoms with Gasteiger partial charge >= 0.3 is 0 Å². The summed E-state index contributed by atoms with van der Waals surface area (Å²) in [5.74, 6) is -0.107. The first-order valence-corrected chi connectivity index (χ1v) is 8.28. The number of benzene rings is 2. The molecule has 2 aromatic carbocycles. The summed E-state index contributed by atoms with van der Waals surface area (Å²) in [6, 6.07) is 18.6. The zero-order valence-electron chi connectivity index (χ0n) is 12.3. The van der Waals surface area contributed by atoms with Gasteiger partial charge in [0, 0.05) is 5.41 Å². The van der Waals surface area contributed by atoms with Crippen molar-refractivity contribution in [2.75, 3.05) is 0 Å². The Morgan fingerprint density at radius 2 is 1.65 bits per heavy atom. The smallest absolute Gasteiger partial charge is 0.252 e. The summed E-state index contributed by atoms with van der Waals surface area (Å²) < 4.78 is 0. The van der Waals surface area contributed by atoms with Gasteiger partial charge in [-0.3, -0.25) is 14.7 Å². The predicted molar refractivity (Wildman–Crippen MR) is 93.4 cm³/mol. The number of amides is 1. The minimum atomic E-state index is -0.674. The molecule has 2 aliphatic rings. The molecule has 2 N–H and O–H groups in total. The number of hydrogen-bond donors (Lipinski definition) is 1. The molecule has 2 aromatic rings. The molecular weight excluding hydrogens is 306 g/mol. The van der Waals surface area contributed by atoms with E-state index in [1.165, 1.54) is 11.8 Å². The summed E-state index contributed by atoms with van der Waals surface area (Å²) in [5.41, 5.74) is 9.02. The number of hydrogen-bond acceptors (Lipinski definition) is 4. The fourth-order valence-corrected chi connectivity index (χ4v) is 3.77. The molecular formula is C18H15N3OS. The van der Waals surface area contributed by atoms with Gasteiger partial charge in [-0.25, -0.2) is 0 Å². The molecule has 0 unspecified atom stereocenters. The molecule has 5 heteroatoms. The van der Waals surface area contributed by atoms with Crippen LogP contribution in [0.3, 0.4) is 0 Å². The lowest BCUT2D eigenvalue weighted by Crippen LogP contribution is -2.50. The van der Waals surface area contributed by atoms with Crippen molar-refractivity contribution in [3.63, 3.8) is 0 Å². The van der Waals surface area contributed by atoms with Gasteiger partial charge in [-0.2, -0.15) is 0 Å². The van der Waals surface area contributed by atoms with Gasteiger partial charge in [0.05, 0.1) is 5.70 Å². The van der Waals surface area contributed by atoms with Gasteiger partial charge in [0.2, 0.25) is 0 Å². The first-order valence-electron chi connectivity index (χ1n) is 7.40. The lowest BCUT2D eigenvalue weighted by molar-refractivity contribution is -0.127. The fourth-order valence-electron chi connectivity index (χ4n) is 2.84. The van der Waals surface area contributed by atoms with Crippen molar-refractivity contribution in [2.24, 2.45) is 10.7 Å². The lowest BCUT2D eigenvalue weighted by atomic mass is 9.98. The minimum absolute atomic E-state index is 0.107. The van der Waals surface area contributed by atoms with E-state index in [9.17, 15) is 4.79 Å². The topological polar surface area (TPSA) is 58.7 Å². The summed E-state index contributed by atoms with van der Waals surface area (Å²) in [6.45, 7) is 0. The molecule has 4 rings (SSSR count). The number of aliphatic imine (C=N–C) groups is 1. The Morgan fingerprint density at radius 1 is 1.00 bits per heavy atom. The van der Waals surface area contributed by atoms with Gasteiger partial charge in [0.15, 0.2) is 5.17 Å². The fraction of sp³-hybridized carbons (Fsp3) is 0.111. The third-order valence-electron chi connectivity index (χ3n) is 4.01. The zero-order chi connectivity index (χ0) is 15.8. The van der Waals surface area contributed by atoms with Gasteiger partial charge in [-0.05, 0) is 11.1 Å². The molecule has 0 aliphatic carbocycles. The SMILES string of the molecule is N[C@@H]1C(=O)N2C(c3ccccc3)=CSC2=N[C@@H]1c1ccccc1. The number of carbonyl (C=O) groups excluding carboxylic acids is 1. The average molecular weight is 321 g/mol. The van der Waals surface area contributed by atoms with Crippen LogP contribution >= 0.6 is 11.8 Å². The minimum Gasteiger partial charge on any atom is -0.318 e. The molecule has 2 heterocycles. The molecule has 1 amide bonds. The Kier molecular flexibility index (Phi) is 3.52. The van der Waals surface area contributed by atoms with E-state index in [1.807, 2.05) is 66.1 Å². The van der Waals surface area contributed by atoms with Gasteiger partial charge in [0.1, 0.15) is 12.1 Å². The molecule has 0 spiro atoms. The maximum atomic E-state index is 12.8. The zero-order valence-corrected chi connectivity index (χ0v) is 13.1. The number of rotatable bonds is 2. The van der Waals surface area contributed by atoms with Crippen molar-refractivity contribution < 1.29 is 4.79 Å². The van der Waals surface area contributed by atoms with E-state index in [0.29, 0.717) is 5.17 Å². The second-order valence-electron chi connectivity index (χ2n) is 5.45. The van der Waals surface area contributed by atoms with Crippen LogP contribution in [0.2, 0.25) is 0 Å². The van der Waals surface area contributed by atoms with Gasteiger partial charge in [-0.1, -0.05) is 72.4 Å². The summed E-state index contributed by atoms with van der Waals surface area (Å²) in [6.07, 6.45) is 0. The summed E-state index contributed by atoms with van der Waals surface area (Å²) in [7, 11) is 0. The van der Waals surface area contributed by atoms with Crippen molar-refractivity contribution in [3.05, 3.63) is 77.2 Å². The van der Waals surface area contributed by atoms with Gasteiger partial charge in [0.25, 0.3) is 5.91 Å². The Balaban J connectivity index is 1.73. The first kappa shape index (κ1) is 14.2.